The third-order valence-corrected chi connectivity index (χ3v) is 3.43. The predicted molar refractivity (Wildman–Crippen MR) is 81.7 cm³/mol. The topological polar surface area (TPSA) is 41.6 Å². The Hall–Kier alpha value is -1.45. The summed E-state index contributed by atoms with van der Waals surface area (Å²) in [6, 6.07) is 10.6. The summed E-state index contributed by atoms with van der Waals surface area (Å²) in [4.78, 5) is 6.87. The summed E-state index contributed by atoms with van der Waals surface area (Å²) in [6.45, 7) is 3.45. The van der Waals surface area contributed by atoms with Gasteiger partial charge in [-0.15, -0.1) is 0 Å². The number of aryl methyl sites for hydroxylation is 1. The zero-order valence-electron chi connectivity index (χ0n) is 11.7. The maximum Gasteiger partial charge on any atom is 0.0580 e. The normalized spacial score (nSPS) is 14.7. The molecule has 0 aromatic heterocycles. The highest BCUT2D eigenvalue weighted by atomic mass is 15.1. The summed E-state index contributed by atoms with van der Waals surface area (Å²) >= 11 is 0. The third-order valence-electron chi connectivity index (χ3n) is 3.43. The van der Waals surface area contributed by atoms with E-state index in [1.165, 1.54) is 16.8 Å². The highest BCUT2D eigenvalue weighted by molar-refractivity contribution is 6.02. The quantitative estimate of drug-likeness (QED) is 0.810. The molecular weight excluding hydrogens is 234 g/mol. The van der Waals surface area contributed by atoms with Crippen molar-refractivity contribution in [2.45, 2.75) is 12.8 Å². The molecule has 0 bridgehead atoms. The molecule has 1 heterocycles. The minimum atomic E-state index is 0.709. The maximum atomic E-state index is 5.58. The summed E-state index contributed by atoms with van der Waals surface area (Å²) < 4.78 is 0. The van der Waals surface area contributed by atoms with Crippen molar-refractivity contribution in [3.63, 3.8) is 0 Å². The summed E-state index contributed by atoms with van der Waals surface area (Å²) in [6.07, 6.45) is 4.34. The van der Waals surface area contributed by atoms with Crippen LogP contribution in [0.15, 0.2) is 47.0 Å². The molecule has 0 saturated carbocycles. The maximum absolute atomic E-state index is 5.58. The fourth-order valence-corrected chi connectivity index (χ4v) is 2.38. The van der Waals surface area contributed by atoms with Gasteiger partial charge in [0, 0.05) is 25.3 Å². The molecule has 19 heavy (non-hydrogen) atoms. The number of likely N-dealkylation sites (N-methyl/N-ethyl adjacent to an activating group) is 1. The Kier molecular flexibility index (Phi) is 5.31. The molecule has 0 unspecified atom stereocenters. The third kappa shape index (κ3) is 4.30. The summed E-state index contributed by atoms with van der Waals surface area (Å²) in [5.74, 6) is 0. The van der Waals surface area contributed by atoms with Crippen molar-refractivity contribution in [3.05, 3.63) is 47.5 Å². The van der Waals surface area contributed by atoms with E-state index in [-0.39, 0.29) is 0 Å². The lowest BCUT2D eigenvalue weighted by molar-refractivity contribution is 0.376. The molecule has 0 fully saturated rings. The van der Waals surface area contributed by atoms with Crippen molar-refractivity contribution in [2.75, 3.05) is 33.2 Å². The lowest BCUT2D eigenvalue weighted by Gasteiger charge is -2.17. The van der Waals surface area contributed by atoms with Crippen molar-refractivity contribution in [1.82, 2.24) is 4.90 Å². The zero-order chi connectivity index (χ0) is 13.5. The van der Waals surface area contributed by atoms with Gasteiger partial charge in [0.05, 0.1) is 6.54 Å². The van der Waals surface area contributed by atoms with Crippen LogP contribution in [0.3, 0.4) is 0 Å². The monoisotopic (exact) mass is 257 g/mol. The van der Waals surface area contributed by atoms with Gasteiger partial charge >= 0.3 is 0 Å². The molecule has 0 spiro atoms. The van der Waals surface area contributed by atoms with Gasteiger partial charge in [0.15, 0.2) is 0 Å². The van der Waals surface area contributed by atoms with Crippen molar-refractivity contribution >= 4 is 5.71 Å². The van der Waals surface area contributed by atoms with Gasteiger partial charge in [0.1, 0.15) is 0 Å². The molecule has 0 atom stereocenters. The van der Waals surface area contributed by atoms with Crippen LogP contribution >= 0.6 is 0 Å². The van der Waals surface area contributed by atoms with Crippen LogP contribution in [0, 0.1) is 0 Å². The molecule has 102 valence electrons. The van der Waals surface area contributed by atoms with Crippen LogP contribution in [-0.4, -0.2) is 43.8 Å². The second-order valence-electron chi connectivity index (χ2n) is 5.03. The van der Waals surface area contributed by atoms with E-state index in [0.29, 0.717) is 6.54 Å². The second-order valence-corrected chi connectivity index (χ2v) is 5.03. The first-order valence-electron chi connectivity index (χ1n) is 6.95. The number of nitrogens with zero attached hydrogens (tertiary/aromatic N) is 2. The molecule has 0 aliphatic carbocycles. The van der Waals surface area contributed by atoms with Gasteiger partial charge in [-0.1, -0.05) is 36.4 Å². The molecule has 2 N–H and O–H groups in total. The Morgan fingerprint density at radius 3 is 2.74 bits per heavy atom. The van der Waals surface area contributed by atoms with E-state index >= 15 is 0 Å². The van der Waals surface area contributed by atoms with E-state index in [4.69, 9.17) is 5.73 Å². The fourth-order valence-electron chi connectivity index (χ4n) is 2.38. The molecule has 3 nitrogen and oxygen atoms in total. The zero-order valence-corrected chi connectivity index (χ0v) is 11.7. The molecule has 2 rings (SSSR count). The molecule has 3 heteroatoms. The average Bonchev–Trinajstić information content (AvgIpc) is 2.85. The van der Waals surface area contributed by atoms with Crippen molar-refractivity contribution < 1.29 is 0 Å². The number of hydrogen-bond acceptors (Lipinski definition) is 3. The van der Waals surface area contributed by atoms with E-state index in [0.717, 1.165) is 32.5 Å². The lowest BCUT2D eigenvalue weighted by Crippen LogP contribution is -2.28. The minimum Gasteiger partial charge on any atom is -0.329 e. The molecule has 0 radical (unpaired) electrons. The van der Waals surface area contributed by atoms with Gasteiger partial charge in [0.2, 0.25) is 0 Å². The van der Waals surface area contributed by atoms with Crippen LogP contribution < -0.4 is 5.73 Å². The number of benzene rings is 1. The van der Waals surface area contributed by atoms with Crippen LogP contribution in [0.2, 0.25) is 0 Å². The van der Waals surface area contributed by atoms with Crippen LogP contribution in [-0.2, 0) is 6.42 Å². The minimum absolute atomic E-state index is 0.709. The Bertz CT molecular complexity index is 448. The molecular formula is C16H23N3. The van der Waals surface area contributed by atoms with Gasteiger partial charge in [-0.25, -0.2) is 0 Å². The van der Waals surface area contributed by atoms with Gasteiger partial charge in [0.25, 0.3) is 0 Å². The van der Waals surface area contributed by atoms with Gasteiger partial charge in [-0.2, -0.15) is 0 Å². The highest BCUT2D eigenvalue weighted by Crippen LogP contribution is 2.14. The van der Waals surface area contributed by atoms with Gasteiger partial charge in [-0.3, -0.25) is 4.99 Å². The van der Waals surface area contributed by atoms with E-state index in [9.17, 15) is 0 Å². The first-order chi connectivity index (χ1) is 9.29. The molecule has 0 saturated heterocycles. The fraction of sp³-hybridized carbons (Fsp3) is 0.438. The van der Waals surface area contributed by atoms with Gasteiger partial charge in [-0.05, 0) is 31.0 Å². The number of nitrogens with two attached hydrogens (primary N) is 1. The predicted octanol–water partition coefficient (Wildman–Crippen LogP) is 1.89. The van der Waals surface area contributed by atoms with E-state index in [2.05, 4.69) is 53.3 Å². The number of aliphatic imine (C=N–C) groups is 1. The standard InChI is InChI=1S/C16H23N3/c1-19(12-10-17)13-15-9-11-18-16(15)8-7-14-5-3-2-4-6-14/h2-6,9H,7-8,10-13,17H2,1H3. The Morgan fingerprint density at radius 1 is 1.21 bits per heavy atom. The van der Waals surface area contributed by atoms with Crippen molar-refractivity contribution in [3.8, 4) is 0 Å². The van der Waals surface area contributed by atoms with Crippen LogP contribution in [0.4, 0.5) is 0 Å². The smallest absolute Gasteiger partial charge is 0.0580 e. The first kappa shape index (κ1) is 14.0. The highest BCUT2D eigenvalue weighted by Gasteiger charge is 2.13. The Morgan fingerprint density at radius 2 is 2.00 bits per heavy atom. The summed E-state index contributed by atoms with van der Waals surface area (Å²) in [7, 11) is 2.11. The summed E-state index contributed by atoms with van der Waals surface area (Å²) in [5, 5.41) is 0. The van der Waals surface area contributed by atoms with Crippen molar-refractivity contribution in [1.29, 1.82) is 0 Å². The average molecular weight is 257 g/mol. The van der Waals surface area contributed by atoms with E-state index in [1.54, 1.807) is 0 Å². The molecule has 1 aliphatic rings. The first-order valence-corrected chi connectivity index (χ1v) is 6.95. The number of rotatable bonds is 7. The Balaban J connectivity index is 1.85. The van der Waals surface area contributed by atoms with E-state index < -0.39 is 0 Å². The second kappa shape index (κ2) is 7.22. The lowest BCUT2D eigenvalue weighted by atomic mass is 10.0. The van der Waals surface area contributed by atoms with Crippen LogP contribution in [0.25, 0.3) is 0 Å². The summed E-state index contributed by atoms with van der Waals surface area (Å²) in [5.41, 5.74) is 9.62. The largest absolute Gasteiger partial charge is 0.329 e. The molecule has 1 aromatic carbocycles. The van der Waals surface area contributed by atoms with E-state index in [1.807, 2.05) is 0 Å². The van der Waals surface area contributed by atoms with Crippen LogP contribution in [0.5, 0.6) is 0 Å². The molecule has 0 amide bonds. The number of hydrogen-bond donors (Lipinski definition) is 1. The van der Waals surface area contributed by atoms with Gasteiger partial charge < -0.3 is 10.6 Å². The molecule has 1 aliphatic heterocycles. The SMILES string of the molecule is CN(CCN)CC1=CCN=C1CCc1ccccc1. The van der Waals surface area contributed by atoms with Crippen LogP contribution in [0.1, 0.15) is 12.0 Å². The Labute approximate surface area is 115 Å². The van der Waals surface area contributed by atoms with Crippen molar-refractivity contribution in [2.24, 2.45) is 10.7 Å². The molecule has 1 aromatic rings.